The van der Waals surface area contributed by atoms with Crippen molar-refractivity contribution in [2.24, 2.45) is 0 Å². The average molecular weight is 270 g/mol. The van der Waals surface area contributed by atoms with Crippen LogP contribution >= 0.6 is 0 Å². The largest absolute Gasteiger partial charge is 0.504 e. The zero-order valence-electron chi connectivity index (χ0n) is 12.4. The van der Waals surface area contributed by atoms with Crippen molar-refractivity contribution in [1.29, 1.82) is 0 Å². The highest BCUT2D eigenvalue weighted by Gasteiger charge is 2.14. The van der Waals surface area contributed by atoms with Crippen LogP contribution in [0.3, 0.4) is 0 Å². The van der Waals surface area contributed by atoms with E-state index in [1.165, 1.54) is 11.1 Å². The van der Waals surface area contributed by atoms with Crippen molar-refractivity contribution in [2.75, 3.05) is 0 Å². The fourth-order valence-corrected chi connectivity index (χ4v) is 2.72. The molecule has 2 rings (SSSR count). The molecule has 0 bridgehead atoms. The van der Waals surface area contributed by atoms with Gasteiger partial charge in [0.1, 0.15) is 0 Å². The maximum absolute atomic E-state index is 10.2. The van der Waals surface area contributed by atoms with E-state index < -0.39 is 0 Å². The molecule has 0 fully saturated rings. The predicted molar refractivity (Wildman–Crippen MR) is 83.3 cm³/mol. The van der Waals surface area contributed by atoms with E-state index in [0.717, 1.165) is 36.0 Å². The molecule has 0 aliphatic rings. The summed E-state index contributed by atoms with van der Waals surface area (Å²) in [6.45, 7) is 6.30. The standard InChI is InChI=1S/C18H22O2/c1-4-12-10-16(18(20)17(19)11-12)15-9-7-8-13(5-2)14(15)6-3/h7-11,19-20H,4-6H2,1-3H3. The van der Waals surface area contributed by atoms with Gasteiger partial charge in [0.2, 0.25) is 0 Å². The first kappa shape index (κ1) is 14.4. The molecule has 106 valence electrons. The summed E-state index contributed by atoms with van der Waals surface area (Å²) in [5.74, 6) is -0.0616. The summed E-state index contributed by atoms with van der Waals surface area (Å²) in [5.41, 5.74) is 5.33. The van der Waals surface area contributed by atoms with E-state index in [9.17, 15) is 10.2 Å². The van der Waals surface area contributed by atoms with Crippen LogP contribution in [0.15, 0.2) is 30.3 Å². The number of rotatable bonds is 4. The second-order valence-electron chi connectivity index (χ2n) is 5.02. The highest BCUT2D eigenvalue weighted by molar-refractivity contribution is 5.77. The van der Waals surface area contributed by atoms with E-state index >= 15 is 0 Å². The number of aryl methyl sites for hydroxylation is 2. The second-order valence-corrected chi connectivity index (χ2v) is 5.02. The molecular formula is C18H22O2. The number of phenolic OH excluding ortho intramolecular Hbond substituents is 2. The van der Waals surface area contributed by atoms with Gasteiger partial charge in [-0.15, -0.1) is 0 Å². The first-order valence-electron chi connectivity index (χ1n) is 7.28. The molecule has 0 aliphatic carbocycles. The molecule has 0 aromatic heterocycles. The minimum absolute atomic E-state index is 0.0230. The molecule has 0 saturated heterocycles. The van der Waals surface area contributed by atoms with Gasteiger partial charge < -0.3 is 10.2 Å². The molecule has 0 unspecified atom stereocenters. The maximum atomic E-state index is 10.2. The Morgan fingerprint density at radius 1 is 0.850 bits per heavy atom. The number of aromatic hydroxyl groups is 2. The quantitative estimate of drug-likeness (QED) is 0.806. The summed E-state index contributed by atoms with van der Waals surface area (Å²) in [7, 11) is 0. The number of phenols is 2. The van der Waals surface area contributed by atoms with Gasteiger partial charge in [-0.05, 0) is 53.6 Å². The van der Waals surface area contributed by atoms with E-state index in [4.69, 9.17) is 0 Å². The van der Waals surface area contributed by atoms with Crippen LogP contribution in [0, 0.1) is 0 Å². The second kappa shape index (κ2) is 6.00. The number of hydrogen-bond donors (Lipinski definition) is 2. The molecule has 0 atom stereocenters. The van der Waals surface area contributed by atoms with Crippen molar-refractivity contribution >= 4 is 0 Å². The fourth-order valence-electron chi connectivity index (χ4n) is 2.72. The van der Waals surface area contributed by atoms with Crippen LogP contribution < -0.4 is 0 Å². The lowest BCUT2D eigenvalue weighted by Crippen LogP contribution is -1.96. The first-order chi connectivity index (χ1) is 9.62. The Labute approximate surface area is 120 Å². The van der Waals surface area contributed by atoms with Gasteiger partial charge in [0.25, 0.3) is 0 Å². The van der Waals surface area contributed by atoms with Crippen LogP contribution in [0.5, 0.6) is 11.5 Å². The molecule has 2 N–H and O–H groups in total. The van der Waals surface area contributed by atoms with Crippen molar-refractivity contribution in [3.05, 3.63) is 47.0 Å². The minimum Gasteiger partial charge on any atom is -0.504 e. The SMILES string of the molecule is CCc1cc(O)c(O)c(-c2cccc(CC)c2CC)c1. The molecule has 0 heterocycles. The van der Waals surface area contributed by atoms with Crippen LogP contribution in [0.25, 0.3) is 11.1 Å². The molecule has 0 amide bonds. The normalized spacial score (nSPS) is 10.8. The van der Waals surface area contributed by atoms with E-state index in [-0.39, 0.29) is 11.5 Å². The molecule has 20 heavy (non-hydrogen) atoms. The van der Waals surface area contributed by atoms with Gasteiger partial charge in [-0.2, -0.15) is 0 Å². The summed E-state index contributed by atoms with van der Waals surface area (Å²) in [5, 5.41) is 20.1. The minimum atomic E-state index is -0.0386. The van der Waals surface area contributed by atoms with Gasteiger partial charge >= 0.3 is 0 Å². The molecule has 0 saturated carbocycles. The highest BCUT2D eigenvalue weighted by Crippen LogP contribution is 2.40. The van der Waals surface area contributed by atoms with Gasteiger partial charge in [-0.3, -0.25) is 0 Å². The van der Waals surface area contributed by atoms with Crippen LogP contribution in [-0.4, -0.2) is 10.2 Å². The van der Waals surface area contributed by atoms with Gasteiger partial charge in [-0.1, -0.05) is 39.0 Å². The van der Waals surface area contributed by atoms with Crippen molar-refractivity contribution in [1.82, 2.24) is 0 Å². The summed E-state index contributed by atoms with van der Waals surface area (Å²) in [4.78, 5) is 0. The van der Waals surface area contributed by atoms with E-state index in [1.54, 1.807) is 6.07 Å². The van der Waals surface area contributed by atoms with Crippen molar-refractivity contribution < 1.29 is 10.2 Å². The summed E-state index contributed by atoms with van der Waals surface area (Å²) < 4.78 is 0. The third-order valence-electron chi connectivity index (χ3n) is 3.86. The first-order valence-corrected chi connectivity index (χ1v) is 7.28. The van der Waals surface area contributed by atoms with Gasteiger partial charge in [-0.25, -0.2) is 0 Å². The third kappa shape index (κ3) is 2.51. The van der Waals surface area contributed by atoms with Crippen molar-refractivity contribution in [2.45, 2.75) is 40.0 Å². The van der Waals surface area contributed by atoms with E-state index in [1.807, 2.05) is 25.1 Å². The number of hydrogen-bond acceptors (Lipinski definition) is 2. The fraction of sp³-hybridized carbons (Fsp3) is 0.333. The molecule has 2 aromatic rings. The maximum Gasteiger partial charge on any atom is 0.165 e. The van der Waals surface area contributed by atoms with Crippen LogP contribution in [0.1, 0.15) is 37.5 Å². The monoisotopic (exact) mass is 270 g/mol. The smallest absolute Gasteiger partial charge is 0.165 e. The summed E-state index contributed by atoms with van der Waals surface area (Å²) in [6.07, 6.45) is 2.71. The van der Waals surface area contributed by atoms with Crippen molar-refractivity contribution in [3.8, 4) is 22.6 Å². The molecule has 2 aromatic carbocycles. The topological polar surface area (TPSA) is 40.5 Å². The highest BCUT2D eigenvalue weighted by atomic mass is 16.3. The Morgan fingerprint density at radius 3 is 2.20 bits per heavy atom. The lowest BCUT2D eigenvalue weighted by Gasteiger charge is -2.15. The Morgan fingerprint density at radius 2 is 1.60 bits per heavy atom. The molecule has 0 aliphatic heterocycles. The summed E-state index contributed by atoms with van der Waals surface area (Å²) in [6, 6.07) is 9.77. The summed E-state index contributed by atoms with van der Waals surface area (Å²) >= 11 is 0. The number of benzene rings is 2. The van der Waals surface area contributed by atoms with Crippen LogP contribution in [0.2, 0.25) is 0 Å². The molecule has 2 nitrogen and oxygen atoms in total. The Balaban J connectivity index is 2.71. The van der Waals surface area contributed by atoms with E-state index in [2.05, 4.69) is 19.9 Å². The van der Waals surface area contributed by atoms with Crippen molar-refractivity contribution in [3.63, 3.8) is 0 Å². The Bertz CT molecular complexity index is 615. The molecule has 0 spiro atoms. The molecular weight excluding hydrogens is 248 g/mol. The lowest BCUT2D eigenvalue weighted by atomic mass is 9.91. The van der Waals surface area contributed by atoms with E-state index in [0.29, 0.717) is 0 Å². The Hall–Kier alpha value is -1.96. The van der Waals surface area contributed by atoms with Gasteiger partial charge in [0, 0.05) is 5.56 Å². The third-order valence-corrected chi connectivity index (χ3v) is 3.86. The van der Waals surface area contributed by atoms with Gasteiger partial charge in [0.05, 0.1) is 0 Å². The molecule has 2 heteroatoms. The zero-order chi connectivity index (χ0) is 14.7. The molecule has 0 radical (unpaired) electrons. The zero-order valence-corrected chi connectivity index (χ0v) is 12.4. The predicted octanol–water partition coefficient (Wildman–Crippen LogP) is 4.45. The van der Waals surface area contributed by atoms with Crippen LogP contribution in [0.4, 0.5) is 0 Å². The van der Waals surface area contributed by atoms with Gasteiger partial charge in [0.15, 0.2) is 11.5 Å². The Kier molecular flexibility index (Phi) is 4.33. The average Bonchev–Trinajstić information content (AvgIpc) is 2.48. The lowest BCUT2D eigenvalue weighted by molar-refractivity contribution is 0.404. The van der Waals surface area contributed by atoms with Crippen LogP contribution in [-0.2, 0) is 19.3 Å².